The van der Waals surface area contributed by atoms with E-state index < -0.39 is 11.6 Å². The van der Waals surface area contributed by atoms with E-state index in [-0.39, 0.29) is 11.8 Å². The minimum atomic E-state index is -0.821. The molecule has 3 rings (SSSR count). The number of aliphatic carboxylic acids is 1. The maximum absolute atomic E-state index is 11.3. The van der Waals surface area contributed by atoms with Crippen LogP contribution in [0.4, 0.5) is 0 Å². The first-order valence-corrected chi connectivity index (χ1v) is 13.1. The van der Waals surface area contributed by atoms with Gasteiger partial charge in [0.25, 0.3) is 0 Å². The summed E-state index contributed by atoms with van der Waals surface area (Å²) in [6.07, 6.45) is 7.33. The Morgan fingerprint density at radius 3 is 2.00 bits per heavy atom. The van der Waals surface area contributed by atoms with E-state index in [0.717, 1.165) is 35.1 Å². The van der Waals surface area contributed by atoms with Crippen molar-refractivity contribution >= 4 is 12.0 Å². The largest absolute Gasteiger partial charge is 0.481 e. The van der Waals surface area contributed by atoms with Gasteiger partial charge in [-0.3, -0.25) is 4.79 Å². The normalized spacial score (nSPS) is 12.3. The molecule has 0 saturated carbocycles. The highest BCUT2D eigenvalue weighted by Gasteiger charge is 2.31. The summed E-state index contributed by atoms with van der Waals surface area (Å²) in [6, 6.07) is 23.1. The van der Waals surface area contributed by atoms with Gasteiger partial charge in [-0.25, -0.2) is 0 Å². The van der Waals surface area contributed by atoms with Crippen LogP contribution in [-0.2, 0) is 16.6 Å². The number of aryl methyl sites for hydroxylation is 1. The van der Waals surface area contributed by atoms with Crippen LogP contribution >= 0.6 is 0 Å². The van der Waals surface area contributed by atoms with Crippen LogP contribution in [0.3, 0.4) is 0 Å². The Morgan fingerprint density at radius 2 is 1.44 bits per heavy atom. The molecule has 0 unspecified atom stereocenters. The number of hydrogen-bond donors (Lipinski definition) is 2. The lowest BCUT2D eigenvalue weighted by molar-refractivity contribution is -0.136. The van der Waals surface area contributed by atoms with Crippen LogP contribution in [0, 0.1) is 6.92 Å². The number of hydrogen-bond acceptors (Lipinski definition) is 2. The Balaban J connectivity index is 1.97. The predicted molar refractivity (Wildman–Crippen MR) is 150 cm³/mol. The van der Waals surface area contributed by atoms with Crippen molar-refractivity contribution < 1.29 is 15.0 Å². The fraction of sp³-hybridized carbons (Fsp3) is 0.364. The molecule has 0 amide bonds. The third-order valence-electron chi connectivity index (χ3n) is 7.93. The molecule has 3 aromatic carbocycles. The molecule has 190 valence electrons. The summed E-state index contributed by atoms with van der Waals surface area (Å²) in [5.41, 5.74) is 6.85. The first kappa shape index (κ1) is 27.4. The standard InChI is InChI=1S/C33H40O3/c1-6-32(36,7-2)21-20-25-14-19-29(22-24(25)5)33(8-3,9-4)28-17-15-26(16-18-28)30-13-11-10-12-27(30)23-31(34)35/h10-22,36H,6-9,23H2,1-5H3,(H,34,35). The summed E-state index contributed by atoms with van der Waals surface area (Å²) >= 11 is 0. The van der Waals surface area contributed by atoms with E-state index in [9.17, 15) is 15.0 Å². The topological polar surface area (TPSA) is 57.5 Å². The molecule has 0 heterocycles. The number of carboxylic acid groups (broad SMARTS) is 1. The minimum Gasteiger partial charge on any atom is -0.481 e. The maximum atomic E-state index is 11.3. The summed E-state index contributed by atoms with van der Waals surface area (Å²) in [4.78, 5) is 11.3. The van der Waals surface area contributed by atoms with E-state index in [0.29, 0.717) is 12.8 Å². The molecule has 36 heavy (non-hydrogen) atoms. The van der Waals surface area contributed by atoms with Gasteiger partial charge >= 0.3 is 5.97 Å². The first-order chi connectivity index (χ1) is 17.2. The summed E-state index contributed by atoms with van der Waals surface area (Å²) in [6.45, 7) is 10.6. The highest BCUT2D eigenvalue weighted by atomic mass is 16.4. The van der Waals surface area contributed by atoms with Crippen molar-refractivity contribution in [3.63, 3.8) is 0 Å². The molecule has 0 bridgehead atoms. The second-order valence-electron chi connectivity index (χ2n) is 9.81. The van der Waals surface area contributed by atoms with Gasteiger partial charge in [-0.1, -0.05) is 107 Å². The van der Waals surface area contributed by atoms with Crippen molar-refractivity contribution in [2.24, 2.45) is 0 Å². The van der Waals surface area contributed by atoms with Crippen molar-refractivity contribution in [2.75, 3.05) is 0 Å². The van der Waals surface area contributed by atoms with Crippen LogP contribution in [0.1, 0.15) is 81.2 Å². The Labute approximate surface area is 216 Å². The second kappa shape index (κ2) is 11.7. The van der Waals surface area contributed by atoms with E-state index in [1.54, 1.807) is 0 Å². The SMILES string of the molecule is CCC(O)(C=Cc1ccc(C(CC)(CC)c2ccc(-c3ccccc3CC(=O)O)cc2)cc1C)CC. The Bertz CT molecular complexity index is 1200. The van der Waals surface area contributed by atoms with Gasteiger partial charge in [0, 0.05) is 5.41 Å². The maximum Gasteiger partial charge on any atom is 0.307 e. The molecule has 0 radical (unpaired) electrons. The molecule has 3 nitrogen and oxygen atoms in total. The van der Waals surface area contributed by atoms with E-state index in [2.05, 4.69) is 69.3 Å². The van der Waals surface area contributed by atoms with Crippen LogP contribution in [0.5, 0.6) is 0 Å². The molecule has 0 aliphatic rings. The molecule has 3 aromatic rings. The van der Waals surface area contributed by atoms with Crippen molar-refractivity contribution in [2.45, 2.75) is 77.7 Å². The molecule has 0 aliphatic carbocycles. The van der Waals surface area contributed by atoms with Crippen LogP contribution in [0.25, 0.3) is 17.2 Å². The number of carbonyl (C=O) groups is 1. The number of aliphatic hydroxyl groups is 1. The van der Waals surface area contributed by atoms with Gasteiger partial charge in [-0.15, -0.1) is 0 Å². The van der Waals surface area contributed by atoms with E-state index >= 15 is 0 Å². The van der Waals surface area contributed by atoms with Gasteiger partial charge in [-0.05, 0) is 71.6 Å². The minimum absolute atomic E-state index is 0.0137. The highest BCUT2D eigenvalue weighted by molar-refractivity contribution is 5.76. The zero-order valence-electron chi connectivity index (χ0n) is 22.3. The average Bonchev–Trinajstić information content (AvgIpc) is 2.89. The molecular formula is C33H40O3. The quantitative estimate of drug-likeness (QED) is 0.290. The molecular weight excluding hydrogens is 444 g/mol. The zero-order chi connectivity index (χ0) is 26.3. The monoisotopic (exact) mass is 484 g/mol. The lowest BCUT2D eigenvalue weighted by atomic mass is 9.70. The van der Waals surface area contributed by atoms with Gasteiger partial charge in [-0.2, -0.15) is 0 Å². The molecule has 2 N–H and O–H groups in total. The molecule has 0 fully saturated rings. The van der Waals surface area contributed by atoms with Gasteiger partial charge < -0.3 is 10.2 Å². The summed E-state index contributed by atoms with van der Waals surface area (Å²) in [5.74, 6) is -0.821. The van der Waals surface area contributed by atoms with Crippen LogP contribution < -0.4 is 0 Å². The molecule has 3 heteroatoms. The molecule has 0 saturated heterocycles. The fourth-order valence-corrected chi connectivity index (χ4v) is 5.21. The summed E-state index contributed by atoms with van der Waals surface area (Å²) in [7, 11) is 0. The number of benzene rings is 3. The fourth-order valence-electron chi connectivity index (χ4n) is 5.21. The Morgan fingerprint density at radius 1 is 0.833 bits per heavy atom. The first-order valence-electron chi connectivity index (χ1n) is 13.1. The lowest BCUT2D eigenvalue weighted by Gasteiger charge is -2.34. The van der Waals surface area contributed by atoms with Crippen molar-refractivity contribution in [3.05, 3.63) is 101 Å². The third kappa shape index (κ3) is 5.79. The molecule has 0 atom stereocenters. The third-order valence-corrected chi connectivity index (χ3v) is 7.93. The highest BCUT2D eigenvalue weighted by Crippen LogP contribution is 2.40. The van der Waals surface area contributed by atoms with E-state index in [1.807, 2.05) is 44.2 Å². The summed E-state index contributed by atoms with van der Waals surface area (Å²) < 4.78 is 0. The van der Waals surface area contributed by atoms with Crippen LogP contribution in [-0.4, -0.2) is 21.8 Å². The van der Waals surface area contributed by atoms with Crippen LogP contribution in [0.2, 0.25) is 0 Å². The Hall–Kier alpha value is -3.17. The lowest BCUT2D eigenvalue weighted by Crippen LogP contribution is -2.26. The van der Waals surface area contributed by atoms with Gasteiger partial charge in [0.05, 0.1) is 12.0 Å². The van der Waals surface area contributed by atoms with E-state index in [1.165, 1.54) is 16.7 Å². The molecule has 0 aromatic heterocycles. The van der Waals surface area contributed by atoms with Gasteiger partial charge in [0.1, 0.15) is 0 Å². The van der Waals surface area contributed by atoms with Crippen molar-refractivity contribution in [1.82, 2.24) is 0 Å². The molecule has 0 aliphatic heterocycles. The zero-order valence-corrected chi connectivity index (χ0v) is 22.3. The average molecular weight is 485 g/mol. The van der Waals surface area contributed by atoms with Gasteiger partial charge in [0.15, 0.2) is 0 Å². The number of carboxylic acids is 1. The molecule has 0 spiro atoms. The smallest absolute Gasteiger partial charge is 0.307 e. The summed E-state index contributed by atoms with van der Waals surface area (Å²) in [5, 5.41) is 19.9. The van der Waals surface area contributed by atoms with Crippen molar-refractivity contribution in [1.29, 1.82) is 0 Å². The van der Waals surface area contributed by atoms with Gasteiger partial charge in [0.2, 0.25) is 0 Å². The van der Waals surface area contributed by atoms with Crippen molar-refractivity contribution in [3.8, 4) is 11.1 Å². The van der Waals surface area contributed by atoms with E-state index in [4.69, 9.17) is 0 Å². The Kier molecular flexibility index (Phi) is 8.92. The predicted octanol–water partition coefficient (Wildman–Crippen LogP) is 7.96. The van der Waals surface area contributed by atoms with Crippen LogP contribution in [0.15, 0.2) is 72.8 Å². The number of rotatable bonds is 11. The second-order valence-corrected chi connectivity index (χ2v) is 9.81.